The summed E-state index contributed by atoms with van der Waals surface area (Å²) >= 11 is 0. The molecule has 1 aromatic rings. The fourth-order valence-electron chi connectivity index (χ4n) is 2.80. The van der Waals surface area contributed by atoms with Crippen LogP contribution in [-0.2, 0) is 4.79 Å². The van der Waals surface area contributed by atoms with Crippen LogP contribution in [0, 0.1) is 10.1 Å². The Labute approximate surface area is 130 Å². The van der Waals surface area contributed by atoms with Crippen LogP contribution in [0.15, 0.2) is 18.2 Å². The first-order valence-corrected chi connectivity index (χ1v) is 7.36. The van der Waals surface area contributed by atoms with Gasteiger partial charge in [-0.1, -0.05) is 0 Å². The lowest BCUT2D eigenvalue weighted by Gasteiger charge is -2.36. The van der Waals surface area contributed by atoms with Crippen molar-refractivity contribution in [3.8, 4) is 0 Å². The maximum Gasteiger partial charge on any atom is 0.294 e. The lowest BCUT2D eigenvalue weighted by atomic mass is 10.0. The van der Waals surface area contributed by atoms with Crippen molar-refractivity contribution in [3.63, 3.8) is 0 Å². The van der Waals surface area contributed by atoms with Gasteiger partial charge in [0.2, 0.25) is 5.91 Å². The van der Waals surface area contributed by atoms with Crippen LogP contribution < -0.4 is 10.2 Å². The van der Waals surface area contributed by atoms with Crippen molar-refractivity contribution in [3.05, 3.63) is 28.3 Å². The third kappa shape index (κ3) is 3.73. The van der Waals surface area contributed by atoms with Crippen LogP contribution in [-0.4, -0.2) is 49.0 Å². The molecule has 1 aliphatic rings. The zero-order chi connectivity index (χ0) is 16.3. The number of rotatable bonds is 4. The summed E-state index contributed by atoms with van der Waals surface area (Å²) in [5.41, 5.74) is 1.00. The Hall–Kier alpha value is -2.15. The lowest BCUT2D eigenvalue weighted by Crippen LogP contribution is -2.42. The van der Waals surface area contributed by atoms with Crippen molar-refractivity contribution in [2.45, 2.75) is 25.8 Å². The fraction of sp³-hybridized carbons (Fsp3) is 0.533. The van der Waals surface area contributed by atoms with Crippen LogP contribution >= 0.6 is 0 Å². The molecule has 7 heteroatoms. The van der Waals surface area contributed by atoms with Crippen molar-refractivity contribution in [2.75, 3.05) is 37.4 Å². The smallest absolute Gasteiger partial charge is 0.294 e. The van der Waals surface area contributed by atoms with E-state index < -0.39 is 4.92 Å². The van der Waals surface area contributed by atoms with E-state index in [9.17, 15) is 14.9 Å². The lowest BCUT2D eigenvalue weighted by molar-refractivity contribution is -0.383. The molecule has 0 bridgehead atoms. The largest absolute Gasteiger partial charge is 0.371 e. The molecule has 1 amide bonds. The Bertz CT molecular complexity index is 566. The number of nitrogens with one attached hydrogen (secondary N) is 1. The molecule has 2 rings (SSSR count). The van der Waals surface area contributed by atoms with E-state index in [1.165, 1.54) is 6.92 Å². The third-order valence-corrected chi connectivity index (χ3v) is 4.05. The molecule has 22 heavy (non-hydrogen) atoms. The molecule has 0 atom stereocenters. The Morgan fingerprint density at radius 2 is 2.00 bits per heavy atom. The highest BCUT2D eigenvalue weighted by molar-refractivity contribution is 5.91. The molecule has 1 saturated heterocycles. The number of hydrogen-bond donors (Lipinski definition) is 1. The summed E-state index contributed by atoms with van der Waals surface area (Å²) in [6, 6.07) is 5.53. The number of amides is 1. The van der Waals surface area contributed by atoms with Gasteiger partial charge in [-0.2, -0.15) is 0 Å². The number of nitro groups is 1. The molecule has 0 spiro atoms. The summed E-state index contributed by atoms with van der Waals surface area (Å²) in [6.07, 6.45) is 2.07. The van der Waals surface area contributed by atoms with E-state index >= 15 is 0 Å². The minimum absolute atomic E-state index is 0.0672. The first-order valence-electron chi connectivity index (χ1n) is 7.36. The van der Waals surface area contributed by atoms with Gasteiger partial charge in [0.05, 0.1) is 4.92 Å². The van der Waals surface area contributed by atoms with E-state index in [4.69, 9.17) is 0 Å². The minimum Gasteiger partial charge on any atom is -0.371 e. The number of carbonyl (C=O) groups is 1. The monoisotopic (exact) mass is 306 g/mol. The van der Waals surface area contributed by atoms with E-state index in [0.29, 0.717) is 6.04 Å². The summed E-state index contributed by atoms with van der Waals surface area (Å²) in [5, 5.41) is 13.7. The highest BCUT2D eigenvalue weighted by atomic mass is 16.6. The third-order valence-electron chi connectivity index (χ3n) is 4.05. The molecule has 0 aromatic heterocycles. The van der Waals surface area contributed by atoms with Gasteiger partial charge >= 0.3 is 0 Å². The van der Waals surface area contributed by atoms with Gasteiger partial charge in [0.15, 0.2) is 0 Å². The van der Waals surface area contributed by atoms with Gasteiger partial charge in [-0.15, -0.1) is 0 Å². The number of hydrogen-bond acceptors (Lipinski definition) is 5. The zero-order valence-electron chi connectivity index (χ0n) is 13.2. The molecule has 1 N–H and O–H groups in total. The van der Waals surface area contributed by atoms with Crippen molar-refractivity contribution in [1.29, 1.82) is 0 Å². The number of piperidine rings is 1. The van der Waals surface area contributed by atoms with E-state index in [-0.39, 0.29) is 17.3 Å². The molecule has 0 unspecified atom stereocenters. The molecule has 1 fully saturated rings. The Morgan fingerprint density at radius 1 is 1.36 bits per heavy atom. The SMILES string of the molecule is CC(=O)Nc1ccc(N2CCC(N(C)C)CC2)cc1[N+](=O)[O-]. The van der Waals surface area contributed by atoms with Crippen molar-refractivity contribution in [1.82, 2.24) is 4.90 Å². The van der Waals surface area contributed by atoms with Crippen LogP contribution in [0.1, 0.15) is 19.8 Å². The van der Waals surface area contributed by atoms with Crippen LogP contribution in [0.4, 0.5) is 17.1 Å². The summed E-state index contributed by atoms with van der Waals surface area (Å²) in [5.74, 6) is -0.317. The van der Waals surface area contributed by atoms with E-state index in [1.54, 1.807) is 12.1 Å². The molecule has 120 valence electrons. The zero-order valence-corrected chi connectivity index (χ0v) is 13.2. The van der Waals surface area contributed by atoms with Gasteiger partial charge in [-0.05, 0) is 39.1 Å². The Balaban J connectivity index is 2.17. The van der Waals surface area contributed by atoms with Gasteiger partial charge in [-0.3, -0.25) is 14.9 Å². The molecule has 1 aromatic carbocycles. The second-order valence-electron chi connectivity index (χ2n) is 5.82. The van der Waals surface area contributed by atoms with Crippen LogP contribution in [0.3, 0.4) is 0 Å². The van der Waals surface area contributed by atoms with Crippen LogP contribution in [0.2, 0.25) is 0 Å². The summed E-state index contributed by atoms with van der Waals surface area (Å²) in [7, 11) is 4.15. The predicted molar refractivity (Wildman–Crippen MR) is 86.3 cm³/mol. The maximum atomic E-state index is 11.2. The van der Waals surface area contributed by atoms with Crippen molar-refractivity contribution >= 4 is 23.0 Å². The molecule has 0 saturated carbocycles. The van der Waals surface area contributed by atoms with E-state index in [1.807, 2.05) is 6.07 Å². The quantitative estimate of drug-likeness (QED) is 0.680. The average Bonchev–Trinajstić information content (AvgIpc) is 2.47. The van der Waals surface area contributed by atoms with E-state index in [2.05, 4.69) is 29.2 Å². The second-order valence-corrected chi connectivity index (χ2v) is 5.82. The summed E-state index contributed by atoms with van der Waals surface area (Å²) < 4.78 is 0. The maximum absolute atomic E-state index is 11.2. The molecule has 1 aliphatic heterocycles. The number of carbonyl (C=O) groups excluding carboxylic acids is 1. The van der Waals surface area contributed by atoms with Gasteiger partial charge < -0.3 is 15.1 Å². The minimum atomic E-state index is -0.457. The van der Waals surface area contributed by atoms with Crippen LogP contribution in [0.5, 0.6) is 0 Å². The number of benzene rings is 1. The van der Waals surface area contributed by atoms with Crippen molar-refractivity contribution in [2.24, 2.45) is 0 Å². The van der Waals surface area contributed by atoms with Gasteiger partial charge in [0.25, 0.3) is 5.69 Å². The van der Waals surface area contributed by atoms with Crippen molar-refractivity contribution < 1.29 is 9.72 Å². The standard InChI is InChI=1S/C15H22N4O3/c1-11(20)16-14-5-4-13(10-15(14)19(21)22)18-8-6-12(7-9-18)17(2)3/h4-5,10,12H,6-9H2,1-3H3,(H,16,20). The number of anilines is 2. The highest BCUT2D eigenvalue weighted by Crippen LogP contribution is 2.31. The highest BCUT2D eigenvalue weighted by Gasteiger charge is 2.23. The van der Waals surface area contributed by atoms with Gasteiger partial charge in [0.1, 0.15) is 5.69 Å². The number of nitro benzene ring substituents is 1. The van der Waals surface area contributed by atoms with Gasteiger partial charge in [0, 0.05) is 37.8 Å². The first kappa shape index (κ1) is 16.2. The summed E-state index contributed by atoms with van der Waals surface area (Å²) in [4.78, 5) is 26.3. The molecule has 1 heterocycles. The Morgan fingerprint density at radius 3 is 2.50 bits per heavy atom. The second kappa shape index (κ2) is 6.74. The molecule has 0 aliphatic carbocycles. The van der Waals surface area contributed by atoms with Gasteiger partial charge in [-0.25, -0.2) is 0 Å². The average molecular weight is 306 g/mol. The number of nitrogens with zero attached hydrogens (tertiary/aromatic N) is 3. The molecular formula is C15H22N4O3. The van der Waals surface area contributed by atoms with Crippen LogP contribution in [0.25, 0.3) is 0 Å². The molecule has 7 nitrogen and oxygen atoms in total. The van der Waals surface area contributed by atoms with E-state index in [0.717, 1.165) is 31.6 Å². The normalized spacial score (nSPS) is 15.9. The summed E-state index contributed by atoms with van der Waals surface area (Å²) in [6.45, 7) is 3.09. The fourth-order valence-corrected chi connectivity index (χ4v) is 2.80. The first-order chi connectivity index (χ1) is 10.4. The molecule has 0 radical (unpaired) electrons. The molecular weight excluding hydrogens is 284 g/mol. The predicted octanol–water partition coefficient (Wildman–Crippen LogP) is 2.08. The Kier molecular flexibility index (Phi) is 4.97. The topological polar surface area (TPSA) is 78.7 Å².